The van der Waals surface area contributed by atoms with Crippen LogP contribution in [0.25, 0.3) is 21.5 Å². The number of rotatable bonds is 4. The maximum Gasteiger partial charge on any atom is 0.256 e. The maximum atomic E-state index is 13.1. The van der Waals surface area contributed by atoms with Gasteiger partial charge in [-0.1, -0.05) is 18.5 Å². The van der Waals surface area contributed by atoms with Crippen molar-refractivity contribution in [2.24, 2.45) is 0 Å². The Morgan fingerprint density at radius 1 is 1.11 bits per heavy atom. The number of nitrogens with one attached hydrogen (secondary N) is 1. The number of halogens is 2. The van der Waals surface area contributed by atoms with Crippen LogP contribution in [0.3, 0.4) is 0 Å². The second-order valence-electron chi connectivity index (χ2n) is 6.30. The molecule has 0 radical (unpaired) electrons. The third kappa shape index (κ3) is 3.77. The Hall–Kier alpha value is -2.76. The fraction of sp³-hybridized carbons (Fsp3) is 0.0909. The number of thiophene rings is 1. The molecule has 3 nitrogen and oxygen atoms in total. The minimum Gasteiger partial charge on any atom is -0.322 e. The molecule has 0 aliphatic heterocycles. The minimum absolute atomic E-state index is 0.296. The molecule has 0 saturated heterocycles. The monoisotopic (exact) mass is 410 g/mol. The Labute approximate surface area is 170 Å². The van der Waals surface area contributed by atoms with Gasteiger partial charge in [-0.3, -0.25) is 4.79 Å². The smallest absolute Gasteiger partial charge is 0.256 e. The molecule has 0 saturated carbocycles. The lowest BCUT2D eigenvalue weighted by atomic mass is 10.1. The third-order valence-electron chi connectivity index (χ3n) is 4.38. The van der Waals surface area contributed by atoms with E-state index < -0.39 is 0 Å². The zero-order valence-electron chi connectivity index (χ0n) is 15.0. The summed E-state index contributed by atoms with van der Waals surface area (Å²) in [5.74, 6) is -0.652. The van der Waals surface area contributed by atoms with E-state index in [4.69, 9.17) is 16.6 Å². The van der Waals surface area contributed by atoms with Crippen molar-refractivity contribution in [3.8, 4) is 10.6 Å². The summed E-state index contributed by atoms with van der Waals surface area (Å²) >= 11 is 7.81. The van der Waals surface area contributed by atoms with Crippen molar-refractivity contribution in [2.45, 2.75) is 13.3 Å². The highest BCUT2D eigenvalue weighted by Gasteiger charge is 2.16. The van der Waals surface area contributed by atoms with Crippen LogP contribution >= 0.6 is 22.9 Å². The van der Waals surface area contributed by atoms with Crippen molar-refractivity contribution >= 4 is 45.4 Å². The Balaban J connectivity index is 1.81. The average Bonchev–Trinajstić information content (AvgIpc) is 3.18. The second-order valence-corrected chi connectivity index (χ2v) is 7.90. The van der Waals surface area contributed by atoms with Gasteiger partial charge in [0.1, 0.15) is 5.82 Å². The van der Waals surface area contributed by atoms with Crippen LogP contribution in [0.2, 0.25) is 5.02 Å². The summed E-state index contributed by atoms with van der Waals surface area (Å²) in [4.78, 5) is 20.0. The number of hydrogen-bond donors (Lipinski definition) is 1. The number of aromatic nitrogens is 1. The SMILES string of the molecule is CCc1ccc(-c2cc(C(=O)Nc3ccc(F)cc3)c3cc(Cl)ccc3n2)s1. The molecule has 0 bridgehead atoms. The lowest BCUT2D eigenvalue weighted by Gasteiger charge is -2.10. The molecule has 0 unspecified atom stereocenters. The molecule has 0 aliphatic carbocycles. The van der Waals surface area contributed by atoms with Gasteiger partial charge in [-0.25, -0.2) is 9.37 Å². The molecular weight excluding hydrogens is 395 g/mol. The van der Waals surface area contributed by atoms with E-state index in [1.54, 1.807) is 29.5 Å². The summed E-state index contributed by atoms with van der Waals surface area (Å²) in [5.41, 5.74) is 2.42. The number of fused-ring (bicyclic) bond motifs is 1. The maximum absolute atomic E-state index is 13.1. The van der Waals surface area contributed by atoms with Crippen LogP contribution in [-0.4, -0.2) is 10.9 Å². The Bertz CT molecular complexity index is 1170. The standard InChI is InChI=1S/C22H16ClFN2OS/c1-2-16-8-10-21(28-16)20-12-18(17-11-13(23)3-9-19(17)26-20)22(27)25-15-6-4-14(24)5-7-15/h3-12H,2H2,1H3,(H,25,27). The van der Waals surface area contributed by atoms with Crippen LogP contribution in [0.5, 0.6) is 0 Å². The first kappa shape index (κ1) is 18.6. The van der Waals surface area contributed by atoms with Crippen molar-refractivity contribution < 1.29 is 9.18 Å². The quantitative estimate of drug-likeness (QED) is 0.413. The fourth-order valence-electron chi connectivity index (χ4n) is 2.95. The van der Waals surface area contributed by atoms with Crippen LogP contribution < -0.4 is 5.32 Å². The van der Waals surface area contributed by atoms with E-state index >= 15 is 0 Å². The van der Waals surface area contributed by atoms with Gasteiger partial charge in [0, 0.05) is 21.0 Å². The summed E-state index contributed by atoms with van der Waals surface area (Å²) in [6.45, 7) is 2.10. The third-order valence-corrected chi connectivity index (χ3v) is 5.87. The van der Waals surface area contributed by atoms with E-state index in [-0.39, 0.29) is 11.7 Å². The molecule has 1 amide bonds. The number of benzene rings is 2. The Kier molecular flexibility index (Phi) is 5.11. The molecule has 2 heterocycles. The predicted octanol–water partition coefficient (Wildman–Crippen LogP) is 6.57. The largest absolute Gasteiger partial charge is 0.322 e. The lowest BCUT2D eigenvalue weighted by molar-refractivity contribution is 0.102. The molecule has 4 rings (SSSR count). The van der Waals surface area contributed by atoms with Crippen molar-refractivity contribution in [2.75, 3.05) is 5.32 Å². The number of carbonyl (C=O) groups excluding carboxylic acids is 1. The molecule has 2 aromatic heterocycles. The van der Waals surface area contributed by atoms with Crippen molar-refractivity contribution in [3.63, 3.8) is 0 Å². The molecule has 4 aromatic rings. The van der Waals surface area contributed by atoms with Gasteiger partial charge in [0.05, 0.1) is 21.7 Å². The molecule has 0 fully saturated rings. The molecule has 0 atom stereocenters. The number of carbonyl (C=O) groups is 1. The highest BCUT2D eigenvalue weighted by atomic mass is 35.5. The summed E-state index contributed by atoms with van der Waals surface area (Å²) in [6.07, 6.45) is 0.950. The van der Waals surface area contributed by atoms with E-state index in [1.807, 2.05) is 12.1 Å². The van der Waals surface area contributed by atoms with Crippen LogP contribution in [-0.2, 0) is 6.42 Å². The molecule has 0 spiro atoms. The van der Waals surface area contributed by atoms with Crippen molar-refractivity contribution in [1.29, 1.82) is 0 Å². The van der Waals surface area contributed by atoms with Gasteiger partial charge >= 0.3 is 0 Å². The number of amides is 1. The lowest BCUT2D eigenvalue weighted by Crippen LogP contribution is -2.13. The first-order valence-corrected chi connectivity index (χ1v) is 9.99. The van der Waals surface area contributed by atoms with E-state index in [0.29, 0.717) is 27.2 Å². The molecule has 1 N–H and O–H groups in total. The zero-order valence-corrected chi connectivity index (χ0v) is 16.6. The van der Waals surface area contributed by atoms with E-state index in [0.717, 1.165) is 17.0 Å². The Morgan fingerprint density at radius 2 is 1.89 bits per heavy atom. The summed E-state index contributed by atoms with van der Waals surface area (Å²) in [7, 11) is 0. The highest BCUT2D eigenvalue weighted by Crippen LogP contribution is 2.31. The highest BCUT2D eigenvalue weighted by molar-refractivity contribution is 7.15. The Morgan fingerprint density at radius 3 is 2.61 bits per heavy atom. The molecule has 6 heteroatoms. The number of nitrogens with zero attached hydrogens (tertiary/aromatic N) is 1. The van der Waals surface area contributed by atoms with Crippen LogP contribution in [0.15, 0.2) is 60.7 Å². The van der Waals surface area contributed by atoms with E-state index in [2.05, 4.69) is 18.3 Å². The summed E-state index contributed by atoms with van der Waals surface area (Å²) < 4.78 is 13.1. The van der Waals surface area contributed by atoms with Gasteiger partial charge in [-0.05, 0) is 67.1 Å². The number of aryl methyl sites for hydroxylation is 1. The zero-order chi connectivity index (χ0) is 19.7. The molecule has 140 valence electrons. The molecule has 0 aliphatic rings. The first-order valence-electron chi connectivity index (χ1n) is 8.80. The van der Waals surface area contributed by atoms with Crippen LogP contribution in [0.4, 0.5) is 10.1 Å². The molecule has 28 heavy (non-hydrogen) atoms. The van der Waals surface area contributed by atoms with E-state index in [1.165, 1.54) is 29.1 Å². The fourth-order valence-corrected chi connectivity index (χ4v) is 4.03. The number of anilines is 1. The van der Waals surface area contributed by atoms with Gasteiger partial charge in [0.25, 0.3) is 5.91 Å². The molecule has 2 aromatic carbocycles. The van der Waals surface area contributed by atoms with E-state index in [9.17, 15) is 9.18 Å². The average molecular weight is 411 g/mol. The topological polar surface area (TPSA) is 42.0 Å². The van der Waals surface area contributed by atoms with Crippen LogP contribution in [0.1, 0.15) is 22.2 Å². The summed E-state index contributed by atoms with van der Waals surface area (Å²) in [6, 6.07) is 16.8. The number of hydrogen-bond acceptors (Lipinski definition) is 3. The van der Waals surface area contributed by atoms with Gasteiger partial charge in [-0.2, -0.15) is 0 Å². The van der Waals surface area contributed by atoms with Gasteiger partial charge < -0.3 is 5.32 Å². The number of pyridine rings is 1. The van der Waals surface area contributed by atoms with Gasteiger partial charge in [0.15, 0.2) is 0 Å². The normalized spacial score (nSPS) is 11.0. The van der Waals surface area contributed by atoms with Gasteiger partial charge in [0.2, 0.25) is 0 Å². The van der Waals surface area contributed by atoms with Crippen LogP contribution in [0, 0.1) is 5.82 Å². The van der Waals surface area contributed by atoms with Gasteiger partial charge in [-0.15, -0.1) is 11.3 Å². The summed E-state index contributed by atoms with van der Waals surface area (Å²) in [5, 5.41) is 4.02. The predicted molar refractivity (Wildman–Crippen MR) is 114 cm³/mol. The minimum atomic E-state index is -0.356. The first-order chi connectivity index (χ1) is 13.5. The van der Waals surface area contributed by atoms with Crippen molar-refractivity contribution in [3.05, 3.63) is 81.9 Å². The van der Waals surface area contributed by atoms with Crippen molar-refractivity contribution in [1.82, 2.24) is 4.98 Å². The second kappa shape index (κ2) is 7.70. The molecular formula is C22H16ClFN2OS.